The number of rotatable bonds is 4. The van der Waals surface area contributed by atoms with Crippen LogP contribution in [0.1, 0.15) is 19.3 Å². The molecule has 1 heterocycles. The Balaban J connectivity index is 1.81. The summed E-state index contributed by atoms with van der Waals surface area (Å²) in [7, 11) is 1.88. The molecule has 1 aliphatic heterocycles. The van der Waals surface area contributed by atoms with Crippen LogP contribution in [-0.2, 0) is 4.79 Å². The summed E-state index contributed by atoms with van der Waals surface area (Å²) in [4.78, 5) is 14.0. The maximum Gasteiger partial charge on any atom is 0.260 e. The van der Waals surface area contributed by atoms with Crippen molar-refractivity contribution in [2.75, 3.05) is 26.7 Å². The minimum atomic E-state index is 0.0516. The van der Waals surface area contributed by atoms with Gasteiger partial charge in [-0.3, -0.25) is 4.79 Å². The smallest absolute Gasteiger partial charge is 0.260 e. The topological polar surface area (TPSA) is 41.6 Å². The number of carbonyl (C=O) groups excluding carboxylic acids is 1. The summed E-state index contributed by atoms with van der Waals surface area (Å²) in [6.45, 7) is 2.16. The van der Waals surface area contributed by atoms with Crippen LogP contribution in [0, 0.1) is 0 Å². The monoisotopic (exact) mass is 262 g/mol. The van der Waals surface area contributed by atoms with Crippen molar-refractivity contribution in [1.82, 2.24) is 10.2 Å². The molecule has 1 saturated heterocycles. The van der Waals surface area contributed by atoms with Crippen LogP contribution in [0.25, 0.3) is 0 Å². The molecule has 104 valence electrons. The molecule has 1 aromatic carbocycles. The van der Waals surface area contributed by atoms with Gasteiger partial charge in [-0.25, -0.2) is 0 Å². The third-order valence-electron chi connectivity index (χ3n) is 3.59. The number of hydrogen-bond donors (Lipinski definition) is 1. The number of likely N-dealkylation sites (N-methyl/N-ethyl adjacent to an activating group) is 1. The molecular formula is C15H22N2O2. The first-order valence-electron chi connectivity index (χ1n) is 6.91. The highest BCUT2D eigenvalue weighted by Crippen LogP contribution is 2.13. The van der Waals surface area contributed by atoms with E-state index in [1.54, 1.807) is 0 Å². The van der Waals surface area contributed by atoms with E-state index in [4.69, 9.17) is 4.74 Å². The SMILES string of the molecule is CN(C(=O)COc1ccccc1)C1CCCNCC1. The largest absolute Gasteiger partial charge is 0.484 e. The average Bonchev–Trinajstić information content (AvgIpc) is 2.74. The number of benzene rings is 1. The van der Waals surface area contributed by atoms with Crippen molar-refractivity contribution in [3.8, 4) is 5.75 Å². The van der Waals surface area contributed by atoms with Crippen LogP contribution in [0.2, 0.25) is 0 Å². The van der Waals surface area contributed by atoms with Gasteiger partial charge in [0.05, 0.1) is 0 Å². The molecule has 0 aromatic heterocycles. The Morgan fingerprint density at radius 1 is 1.32 bits per heavy atom. The van der Waals surface area contributed by atoms with Gasteiger partial charge in [-0.15, -0.1) is 0 Å². The lowest BCUT2D eigenvalue weighted by molar-refractivity contribution is -0.134. The van der Waals surface area contributed by atoms with Crippen LogP contribution in [0.4, 0.5) is 0 Å². The van der Waals surface area contributed by atoms with E-state index in [0.717, 1.165) is 38.1 Å². The highest BCUT2D eigenvalue weighted by Gasteiger charge is 2.21. The molecule has 1 fully saturated rings. The van der Waals surface area contributed by atoms with Crippen molar-refractivity contribution in [3.63, 3.8) is 0 Å². The zero-order valence-electron chi connectivity index (χ0n) is 11.5. The predicted octanol–water partition coefficient (Wildman–Crippen LogP) is 1.67. The van der Waals surface area contributed by atoms with E-state index in [2.05, 4.69) is 5.32 Å². The predicted molar refractivity (Wildman–Crippen MR) is 75.2 cm³/mol. The fourth-order valence-electron chi connectivity index (χ4n) is 2.36. The van der Waals surface area contributed by atoms with Gasteiger partial charge < -0.3 is 15.0 Å². The van der Waals surface area contributed by atoms with Crippen LogP contribution < -0.4 is 10.1 Å². The van der Waals surface area contributed by atoms with Gasteiger partial charge in [0, 0.05) is 13.1 Å². The summed E-state index contributed by atoms with van der Waals surface area (Å²) < 4.78 is 5.50. The number of hydrogen-bond acceptors (Lipinski definition) is 3. The zero-order valence-corrected chi connectivity index (χ0v) is 11.5. The summed E-state index contributed by atoms with van der Waals surface area (Å²) in [5.41, 5.74) is 0. The fourth-order valence-corrected chi connectivity index (χ4v) is 2.36. The molecule has 1 aromatic rings. The van der Waals surface area contributed by atoms with Crippen molar-refractivity contribution in [2.45, 2.75) is 25.3 Å². The molecule has 4 heteroatoms. The number of amides is 1. The molecular weight excluding hydrogens is 240 g/mol. The Labute approximate surface area is 114 Å². The summed E-state index contributed by atoms with van der Waals surface area (Å²) in [6.07, 6.45) is 3.22. The van der Waals surface area contributed by atoms with Gasteiger partial charge in [-0.2, -0.15) is 0 Å². The van der Waals surface area contributed by atoms with E-state index in [9.17, 15) is 4.79 Å². The lowest BCUT2D eigenvalue weighted by Crippen LogP contribution is -2.40. The van der Waals surface area contributed by atoms with Crippen LogP contribution in [0.3, 0.4) is 0 Å². The molecule has 1 amide bonds. The molecule has 0 spiro atoms. The van der Waals surface area contributed by atoms with E-state index in [-0.39, 0.29) is 12.5 Å². The average molecular weight is 262 g/mol. The molecule has 0 saturated carbocycles. The van der Waals surface area contributed by atoms with E-state index < -0.39 is 0 Å². The third kappa shape index (κ3) is 4.24. The van der Waals surface area contributed by atoms with Crippen LogP contribution in [0.5, 0.6) is 5.75 Å². The molecule has 19 heavy (non-hydrogen) atoms. The van der Waals surface area contributed by atoms with E-state index in [0.29, 0.717) is 6.04 Å². The molecule has 0 aliphatic carbocycles. The van der Waals surface area contributed by atoms with Crippen molar-refractivity contribution in [1.29, 1.82) is 0 Å². The Bertz CT molecular complexity index is 386. The number of carbonyl (C=O) groups is 1. The van der Waals surface area contributed by atoms with Crippen molar-refractivity contribution in [3.05, 3.63) is 30.3 Å². The van der Waals surface area contributed by atoms with E-state index in [1.807, 2.05) is 42.3 Å². The maximum atomic E-state index is 12.1. The van der Waals surface area contributed by atoms with Crippen LogP contribution in [0.15, 0.2) is 30.3 Å². The fraction of sp³-hybridized carbons (Fsp3) is 0.533. The molecule has 4 nitrogen and oxygen atoms in total. The van der Waals surface area contributed by atoms with Crippen LogP contribution in [-0.4, -0.2) is 43.6 Å². The van der Waals surface area contributed by atoms with Gasteiger partial charge in [0.1, 0.15) is 5.75 Å². The second-order valence-electron chi connectivity index (χ2n) is 4.94. The second kappa shape index (κ2) is 7.14. The van der Waals surface area contributed by atoms with E-state index >= 15 is 0 Å². The third-order valence-corrected chi connectivity index (χ3v) is 3.59. The molecule has 0 radical (unpaired) electrons. The molecule has 1 aliphatic rings. The van der Waals surface area contributed by atoms with Gasteiger partial charge in [-0.1, -0.05) is 18.2 Å². The van der Waals surface area contributed by atoms with Gasteiger partial charge in [0.2, 0.25) is 0 Å². The number of nitrogens with one attached hydrogen (secondary N) is 1. The zero-order chi connectivity index (χ0) is 13.5. The summed E-state index contributed by atoms with van der Waals surface area (Å²) in [5, 5.41) is 3.36. The summed E-state index contributed by atoms with van der Waals surface area (Å²) >= 11 is 0. The Morgan fingerprint density at radius 2 is 2.11 bits per heavy atom. The highest BCUT2D eigenvalue weighted by atomic mass is 16.5. The van der Waals surface area contributed by atoms with Crippen molar-refractivity contribution in [2.24, 2.45) is 0 Å². The lowest BCUT2D eigenvalue weighted by atomic mass is 10.1. The van der Waals surface area contributed by atoms with Gasteiger partial charge in [0.15, 0.2) is 6.61 Å². The lowest BCUT2D eigenvalue weighted by Gasteiger charge is -2.27. The maximum absolute atomic E-state index is 12.1. The molecule has 0 bridgehead atoms. The quantitative estimate of drug-likeness (QED) is 0.897. The van der Waals surface area contributed by atoms with Gasteiger partial charge >= 0.3 is 0 Å². The van der Waals surface area contributed by atoms with Crippen molar-refractivity contribution >= 4 is 5.91 Å². The first kappa shape index (κ1) is 13.9. The Morgan fingerprint density at radius 3 is 2.89 bits per heavy atom. The summed E-state index contributed by atoms with van der Waals surface area (Å²) in [6, 6.07) is 9.80. The Kier molecular flexibility index (Phi) is 5.21. The molecule has 1 atom stereocenters. The second-order valence-corrected chi connectivity index (χ2v) is 4.94. The number of para-hydroxylation sites is 1. The van der Waals surface area contributed by atoms with Crippen LogP contribution >= 0.6 is 0 Å². The van der Waals surface area contributed by atoms with E-state index in [1.165, 1.54) is 0 Å². The number of ether oxygens (including phenoxy) is 1. The standard InChI is InChI=1S/C15H22N2O2/c1-17(13-6-5-10-16-11-9-13)15(18)12-19-14-7-3-2-4-8-14/h2-4,7-8,13,16H,5-6,9-12H2,1H3. The first-order chi connectivity index (χ1) is 9.27. The van der Waals surface area contributed by atoms with Gasteiger partial charge in [-0.05, 0) is 44.5 Å². The first-order valence-corrected chi connectivity index (χ1v) is 6.91. The summed E-state index contributed by atoms with van der Waals surface area (Å²) in [5.74, 6) is 0.794. The van der Waals surface area contributed by atoms with Crippen molar-refractivity contribution < 1.29 is 9.53 Å². The Hall–Kier alpha value is -1.55. The number of nitrogens with zero attached hydrogens (tertiary/aromatic N) is 1. The minimum absolute atomic E-state index is 0.0516. The molecule has 1 N–H and O–H groups in total. The highest BCUT2D eigenvalue weighted by molar-refractivity contribution is 5.77. The van der Waals surface area contributed by atoms with Gasteiger partial charge in [0.25, 0.3) is 5.91 Å². The normalized spacial score (nSPS) is 19.5. The molecule has 1 unspecified atom stereocenters. The molecule has 2 rings (SSSR count). The minimum Gasteiger partial charge on any atom is -0.484 e.